The highest BCUT2D eigenvalue weighted by atomic mass is 32.2. The minimum absolute atomic E-state index is 0.0424. The Morgan fingerprint density at radius 3 is 2.52 bits per heavy atom. The molecule has 1 amide bonds. The van der Waals surface area contributed by atoms with Crippen molar-refractivity contribution in [3.8, 4) is 0 Å². The quantitative estimate of drug-likeness (QED) is 0.489. The zero-order valence-electron chi connectivity index (χ0n) is 19.7. The van der Waals surface area contributed by atoms with Gasteiger partial charge in [-0.1, -0.05) is 38.8 Å². The Kier molecular flexibility index (Phi) is 8.64. The number of hydrogen-bond acceptors (Lipinski definition) is 5. The van der Waals surface area contributed by atoms with Gasteiger partial charge in [0.25, 0.3) is 0 Å². The fourth-order valence-electron chi connectivity index (χ4n) is 4.35. The Morgan fingerprint density at radius 2 is 1.91 bits per heavy atom. The van der Waals surface area contributed by atoms with Gasteiger partial charge in [0, 0.05) is 26.1 Å². The monoisotopic (exact) mass is 479 g/mol. The largest absolute Gasteiger partial charge is 0.383 e. The van der Waals surface area contributed by atoms with Crippen molar-refractivity contribution in [3.05, 3.63) is 47.5 Å². The third-order valence-corrected chi connectivity index (χ3v) is 7.52. The van der Waals surface area contributed by atoms with Crippen LogP contribution >= 0.6 is 0 Å². The number of amides is 1. The van der Waals surface area contributed by atoms with Gasteiger partial charge in [-0.05, 0) is 36.5 Å². The molecule has 0 aliphatic heterocycles. The maximum Gasteiger partial charge on any atom is 0.228 e. The predicted octanol–water partition coefficient (Wildman–Crippen LogP) is 3.82. The van der Waals surface area contributed by atoms with E-state index in [1.807, 2.05) is 4.90 Å². The number of carbonyl (C=O) groups is 1. The third kappa shape index (κ3) is 6.63. The van der Waals surface area contributed by atoms with E-state index in [4.69, 9.17) is 4.74 Å². The summed E-state index contributed by atoms with van der Waals surface area (Å²) in [6.45, 7) is 5.64. The lowest BCUT2D eigenvalue weighted by Gasteiger charge is -2.28. The minimum Gasteiger partial charge on any atom is -0.383 e. The molecule has 0 radical (unpaired) electrons. The van der Waals surface area contributed by atoms with E-state index in [2.05, 4.69) is 18.8 Å². The normalized spacial score (nSPS) is 14.8. The van der Waals surface area contributed by atoms with Crippen molar-refractivity contribution in [1.82, 2.24) is 14.5 Å². The summed E-state index contributed by atoms with van der Waals surface area (Å²) in [5.41, 5.74) is 1.15. The first-order chi connectivity index (χ1) is 15.7. The lowest BCUT2D eigenvalue weighted by Crippen LogP contribution is -2.38. The van der Waals surface area contributed by atoms with Crippen LogP contribution in [-0.4, -0.2) is 49.0 Å². The van der Waals surface area contributed by atoms with Crippen molar-refractivity contribution in [1.29, 1.82) is 0 Å². The van der Waals surface area contributed by atoms with Gasteiger partial charge in [0.2, 0.25) is 20.9 Å². The summed E-state index contributed by atoms with van der Waals surface area (Å²) in [5, 5.41) is -0.0586. The van der Waals surface area contributed by atoms with Gasteiger partial charge in [0.1, 0.15) is 5.82 Å². The molecule has 1 aromatic heterocycles. The smallest absolute Gasteiger partial charge is 0.228 e. The number of imidazole rings is 1. The second-order valence-corrected chi connectivity index (χ2v) is 11.0. The van der Waals surface area contributed by atoms with Crippen LogP contribution in [0.5, 0.6) is 0 Å². The number of nitrogens with zero attached hydrogens (tertiary/aromatic N) is 3. The van der Waals surface area contributed by atoms with Gasteiger partial charge in [-0.3, -0.25) is 4.79 Å². The zero-order chi connectivity index (χ0) is 24.0. The highest BCUT2D eigenvalue weighted by Gasteiger charge is 2.30. The van der Waals surface area contributed by atoms with Crippen LogP contribution in [0.2, 0.25) is 0 Å². The molecule has 33 heavy (non-hydrogen) atoms. The first kappa shape index (κ1) is 25.4. The molecule has 7 nitrogen and oxygen atoms in total. The Hall–Kier alpha value is -2.26. The number of ether oxygens (including phenoxy) is 1. The Balaban J connectivity index is 1.89. The van der Waals surface area contributed by atoms with Crippen LogP contribution in [0, 0.1) is 17.7 Å². The van der Waals surface area contributed by atoms with E-state index < -0.39 is 15.7 Å². The fourth-order valence-corrected chi connectivity index (χ4v) is 5.87. The van der Waals surface area contributed by atoms with Crippen molar-refractivity contribution in [3.63, 3.8) is 0 Å². The van der Waals surface area contributed by atoms with E-state index in [-0.39, 0.29) is 28.7 Å². The van der Waals surface area contributed by atoms with E-state index in [1.54, 1.807) is 17.9 Å². The molecular weight excluding hydrogens is 445 g/mol. The van der Waals surface area contributed by atoms with Crippen LogP contribution in [0.3, 0.4) is 0 Å². The molecule has 0 unspecified atom stereocenters. The highest BCUT2D eigenvalue weighted by Crippen LogP contribution is 2.28. The summed E-state index contributed by atoms with van der Waals surface area (Å²) in [6, 6.07) is 5.40. The molecule has 1 aliphatic rings. The van der Waals surface area contributed by atoms with Crippen molar-refractivity contribution >= 4 is 15.7 Å². The number of carbonyl (C=O) groups excluding carboxylic acids is 1. The van der Waals surface area contributed by atoms with Crippen molar-refractivity contribution in [2.45, 2.75) is 63.5 Å². The van der Waals surface area contributed by atoms with E-state index in [0.29, 0.717) is 37.5 Å². The molecule has 0 bridgehead atoms. The van der Waals surface area contributed by atoms with Crippen LogP contribution in [0.4, 0.5) is 4.39 Å². The van der Waals surface area contributed by atoms with Gasteiger partial charge in [-0.25, -0.2) is 17.8 Å². The average Bonchev–Trinajstić information content (AvgIpc) is 3.43. The molecule has 2 aromatic rings. The molecule has 182 valence electrons. The first-order valence-electron chi connectivity index (χ1n) is 11.5. The number of methoxy groups -OCH3 is 1. The molecule has 9 heteroatoms. The summed E-state index contributed by atoms with van der Waals surface area (Å²) in [4.78, 5) is 19.3. The lowest BCUT2D eigenvalue weighted by molar-refractivity contribution is -0.136. The van der Waals surface area contributed by atoms with Gasteiger partial charge < -0.3 is 14.2 Å². The van der Waals surface area contributed by atoms with E-state index in [9.17, 15) is 17.6 Å². The van der Waals surface area contributed by atoms with Crippen molar-refractivity contribution in [2.24, 2.45) is 11.8 Å². The van der Waals surface area contributed by atoms with Gasteiger partial charge in [0.15, 0.2) is 0 Å². The van der Waals surface area contributed by atoms with Crippen molar-refractivity contribution < 1.29 is 22.3 Å². The first-order valence-corrected chi connectivity index (χ1v) is 13.2. The Labute approximate surface area is 195 Å². The van der Waals surface area contributed by atoms with E-state index in [1.165, 1.54) is 24.3 Å². The summed E-state index contributed by atoms with van der Waals surface area (Å²) in [7, 11) is -2.24. The Bertz CT molecular complexity index is 1030. The van der Waals surface area contributed by atoms with Crippen LogP contribution in [-0.2, 0) is 38.2 Å². The number of hydrogen-bond donors (Lipinski definition) is 0. The maximum atomic E-state index is 13.2. The minimum atomic E-state index is -3.79. The topological polar surface area (TPSA) is 81.5 Å². The van der Waals surface area contributed by atoms with Crippen LogP contribution in [0.25, 0.3) is 0 Å². The van der Waals surface area contributed by atoms with Crippen LogP contribution in [0.1, 0.15) is 50.8 Å². The number of benzene rings is 1. The van der Waals surface area contributed by atoms with Gasteiger partial charge in [-0.15, -0.1) is 0 Å². The summed E-state index contributed by atoms with van der Waals surface area (Å²) in [6.07, 6.45) is 5.51. The van der Waals surface area contributed by atoms with Gasteiger partial charge >= 0.3 is 0 Å². The van der Waals surface area contributed by atoms with Crippen molar-refractivity contribution in [2.75, 3.05) is 20.3 Å². The molecule has 0 atom stereocenters. The summed E-state index contributed by atoms with van der Waals surface area (Å²) in [5.74, 6) is -0.241. The third-order valence-electron chi connectivity index (χ3n) is 5.92. The molecule has 1 aromatic carbocycles. The average molecular weight is 480 g/mol. The zero-order valence-corrected chi connectivity index (χ0v) is 20.5. The SMILES string of the molecule is COCCn1c(CN(CC(C)C)C(=O)C2CCCC2)cnc1S(=O)(=O)Cc1ccc(F)cc1. The van der Waals surface area contributed by atoms with Gasteiger partial charge in [0.05, 0.1) is 30.8 Å². The van der Waals surface area contributed by atoms with E-state index in [0.717, 1.165) is 25.7 Å². The number of rotatable bonds is 11. The number of aromatic nitrogens is 2. The predicted molar refractivity (Wildman–Crippen MR) is 124 cm³/mol. The Morgan fingerprint density at radius 1 is 1.24 bits per heavy atom. The second kappa shape index (κ2) is 11.2. The molecule has 0 N–H and O–H groups in total. The molecule has 1 fully saturated rings. The summed E-state index contributed by atoms with van der Waals surface area (Å²) < 4.78 is 46.4. The summed E-state index contributed by atoms with van der Waals surface area (Å²) >= 11 is 0. The van der Waals surface area contributed by atoms with E-state index >= 15 is 0 Å². The fraction of sp³-hybridized carbons (Fsp3) is 0.583. The molecular formula is C24H34FN3O4S. The van der Waals surface area contributed by atoms with Gasteiger partial charge in [-0.2, -0.15) is 0 Å². The van der Waals surface area contributed by atoms with Crippen LogP contribution < -0.4 is 0 Å². The molecule has 1 heterocycles. The number of sulfone groups is 1. The molecule has 0 spiro atoms. The molecule has 1 saturated carbocycles. The van der Waals surface area contributed by atoms with Crippen LogP contribution in [0.15, 0.2) is 35.6 Å². The number of halogens is 1. The molecule has 3 rings (SSSR count). The molecule has 1 aliphatic carbocycles. The highest BCUT2D eigenvalue weighted by molar-refractivity contribution is 7.90. The second-order valence-electron chi connectivity index (χ2n) is 9.16. The maximum absolute atomic E-state index is 13.2. The lowest BCUT2D eigenvalue weighted by atomic mass is 10.1. The molecule has 0 saturated heterocycles. The standard InChI is InChI=1S/C24H34FN3O4S/c1-18(2)15-27(23(29)20-6-4-5-7-20)16-22-14-26-24(28(22)12-13-32-3)33(30,31)17-19-8-10-21(25)11-9-19/h8-11,14,18,20H,4-7,12-13,15-17H2,1-3H3.